The Morgan fingerprint density at radius 2 is 1.96 bits per heavy atom. The first-order chi connectivity index (χ1) is 12.2. The van der Waals surface area contributed by atoms with Gasteiger partial charge in [-0.25, -0.2) is 4.79 Å². The molecule has 7 heteroatoms. The van der Waals surface area contributed by atoms with E-state index in [-0.39, 0.29) is 18.0 Å². The Hall–Kier alpha value is -2.12. The van der Waals surface area contributed by atoms with Crippen LogP contribution in [0.3, 0.4) is 0 Å². The summed E-state index contributed by atoms with van der Waals surface area (Å²) in [6.07, 6.45) is 0.373. The van der Waals surface area contributed by atoms with E-state index < -0.39 is 0 Å². The fourth-order valence-electron chi connectivity index (χ4n) is 3.32. The van der Waals surface area contributed by atoms with Gasteiger partial charge in [0.2, 0.25) is 5.91 Å². The molecule has 7 nitrogen and oxygen atoms in total. The molecular formula is C18H27N5O2. The molecule has 1 aromatic rings. The maximum absolute atomic E-state index is 12.1. The largest absolute Gasteiger partial charge is 0.337 e. The molecule has 2 aliphatic rings. The number of amides is 3. The molecule has 25 heavy (non-hydrogen) atoms. The van der Waals surface area contributed by atoms with E-state index >= 15 is 0 Å². The highest BCUT2D eigenvalue weighted by Gasteiger charge is 2.30. The maximum Gasteiger partial charge on any atom is 0.315 e. The number of piperazine rings is 1. The van der Waals surface area contributed by atoms with Crippen molar-refractivity contribution in [3.05, 3.63) is 35.9 Å². The van der Waals surface area contributed by atoms with Crippen LogP contribution in [0.4, 0.5) is 4.79 Å². The highest BCUT2D eigenvalue weighted by Crippen LogP contribution is 2.14. The van der Waals surface area contributed by atoms with Gasteiger partial charge in [-0.3, -0.25) is 9.69 Å². The predicted molar refractivity (Wildman–Crippen MR) is 96.1 cm³/mol. The lowest BCUT2D eigenvalue weighted by molar-refractivity contribution is -0.128. The van der Waals surface area contributed by atoms with Crippen LogP contribution in [0.25, 0.3) is 0 Å². The molecule has 2 saturated heterocycles. The zero-order valence-corrected chi connectivity index (χ0v) is 14.5. The van der Waals surface area contributed by atoms with Gasteiger partial charge >= 0.3 is 6.03 Å². The van der Waals surface area contributed by atoms with Gasteiger partial charge in [-0.1, -0.05) is 30.3 Å². The molecule has 1 unspecified atom stereocenters. The van der Waals surface area contributed by atoms with Gasteiger partial charge in [0.15, 0.2) is 0 Å². The fraction of sp³-hybridized carbons (Fsp3) is 0.556. The van der Waals surface area contributed by atoms with Crippen LogP contribution in [0.2, 0.25) is 0 Å². The average Bonchev–Trinajstić information content (AvgIpc) is 2.96. The molecule has 1 atom stereocenters. The predicted octanol–water partition coefficient (Wildman–Crippen LogP) is -0.00810. The summed E-state index contributed by atoms with van der Waals surface area (Å²) in [5, 5.41) is 9.12. The van der Waals surface area contributed by atoms with Crippen molar-refractivity contribution in [2.75, 3.05) is 45.8 Å². The molecule has 0 spiro atoms. The minimum atomic E-state index is -0.186. The lowest BCUT2D eigenvalue weighted by atomic mass is 10.2. The number of carbonyl (C=O) groups is 2. The van der Waals surface area contributed by atoms with Crippen LogP contribution < -0.4 is 16.0 Å². The summed E-state index contributed by atoms with van der Waals surface area (Å²) in [6.45, 7) is 6.71. The first kappa shape index (κ1) is 17.7. The van der Waals surface area contributed by atoms with E-state index in [1.807, 2.05) is 30.3 Å². The van der Waals surface area contributed by atoms with Crippen LogP contribution in [0, 0.1) is 0 Å². The summed E-state index contributed by atoms with van der Waals surface area (Å²) < 4.78 is 0. The summed E-state index contributed by atoms with van der Waals surface area (Å²) in [4.78, 5) is 28.3. The monoisotopic (exact) mass is 345 g/mol. The van der Waals surface area contributed by atoms with Crippen LogP contribution in [0.1, 0.15) is 12.0 Å². The third-order valence-electron chi connectivity index (χ3n) is 4.69. The second-order valence-electron chi connectivity index (χ2n) is 6.65. The Kier molecular flexibility index (Phi) is 6.25. The number of rotatable bonds is 6. The van der Waals surface area contributed by atoms with Crippen molar-refractivity contribution >= 4 is 11.9 Å². The van der Waals surface area contributed by atoms with E-state index in [2.05, 4.69) is 20.9 Å². The van der Waals surface area contributed by atoms with E-state index in [9.17, 15) is 9.59 Å². The van der Waals surface area contributed by atoms with Gasteiger partial charge < -0.3 is 20.9 Å². The maximum atomic E-state index is 12.1. The molecule has 3 N–H and O–H groups in total. The van der Waals surface area contributed by atoms with Crippen molar-refractivity contribution in [3.63, 3.8) is 0 Å². The van der Waals surface area contributed by atoms with Crippen LogP contribution >= 0.6 is 0 Å². The molecule has 0 aliphatic carbocycles. The van der Waals surface area contributed by atoms with Crippen LogP contribution in [-0.2, 0) is 11.3 Å². The first-order valence-electron chi connectivity index (χ1n) is 9.00. The Balaban J connectivity index is 1.36. The number of benzene rings is 1. The number of likely N-dealkylation sites (tertiary alicyclic amines) is 1. The number of nitrogens with one attached hydrogen (secondary N) is 3. The number of urea groups is 1. The Morgan fingerprint density at radius 3 is 2.72 bits per heavy atom. The molecule has 2 aliphatic heterocycles. The van der Waals surface area contributed by atoms with Crippen molar-refractivity contribution in [1.82, 2.24) is 25.8 Å². The molecule has 136 valence electrons. The molecule has 0 bridgehead atoms. The number of hydrogen-bond acceptors (Lipinski definition) is 4. The number of nitrogens with zero attached hydrogens (tertiary/aromatic N) is 2. The van der Waals surface area contributed by atoms with E-state index in [1.165, 1.54) is 0 Å². The van der Waals surface area contributed by atoms with Gasteiger partial charge in [0.1, 0.15) is 0 Å². The molecule has 1 aromatic carbocycles. The van der Waals surface area contributed by atoms with E-state index in [1.54, 1.807) is 4.90 Å². The van der Waals surface area contributed by atoms with Crippen molar-refractivity contribution in [1.29, 1.82) is 0 Å². The lowest BCUT2D eigenvalue weighted by Crippen LogP contribution is -2.48. The molecule has 2 heterocycles. The summed E-state index contributed by atoms with van der Waals surface area (Å²) in [5.74, 6) is 0.0926. The topological polar surface area (TPSA) is 76.7 Å². The highest BCUT2D eigenvalue weighted by molar-refractivity contribution is 5.81. The normalized spacial score (nSPS) is 21.4. The highest BCUT2D eigenvalue weighted by atomic mass is 16.2. The van der Waals surface area contributed by atoms with E-state index in [4.69, 9.17) is 0 Å². The second kappa shape index (κ2) is 8.82. The van der Waals surface area contributed by atoms with Crippen LogP contribution in [0.5, 0.6) is 0 Å². The zero-order valence-electron chi connectivity index (χ0n) is 14.5. The summed E-state index contributed by atoms with van der Waals surface area (Å²) in [5.41, 5.74) is 1.11. The zero-order chi connectivity index (χ0) is 17.5. The molecule has 3 amide bonds. The average molecular weight is 345 g/mol. The van der Waals surface area contributed by atoms with Gasteiger partial charge in [0, 0.05) is 58.8 Å². The number of hydrogen-bond donors (Lipinski definition) is 3. The van der Waals surface area contributed by atoms with E-state index in [0.717, 1.165) is 38.3 Å². The van der Waals surface area contributed by atoms with Gasteiger partial charge in [-0.05, 0) is 5.56 Å². The van der Waals surface area contributed by atoms with Crippen LogP contribution in [-0.4, -0.2) is 73.6 Å². The molecule has 0 aromatic heterocycles. The summed E-state index contributed by atoms with van der Waals surface area (Å²) in [6, 6.07) is 9.62. The first-order valence-corrected chi connectivity index (χ1v) is 9.00. The van der Waals surface area contributed by atoms with E-state index in [0.29, 0.717) is 26.1 Å². The standard InChI is InChI=1S/C18H27N5O2/c24-17-12-16(14-23(17)13-15-4-2-1-3-5-15)21-18(25)20-8-11-22-9-6-19-7-10-22/h1-5,16,19H,6-14H2,(H2,20,21,25). The quantitative estimate of drug-likeness (QED) is 0.678. The smallest absolute Gasteiger partial charge is 0.315 e. The van der Waals surface area contributed by atoms with Crippen molar-refractivity contribution < 1.29 is 9.59 Å². The molecule has 0 radical (unpaired) electrons. The molecular weight excluding hydrogens is 318 g/mol. The fourth-order valence-corrected chi connectivity index (χ4v) is 3.32. The summed E-state index contributed by atoms with van der Waals surface area (Å²) >= 11 is 0. The minimum absolute atomic E-state index is 0.0926. The second-order valence-corrected chi connectivity index (χ2v) is 6.65. The van der Waals surface area contributed by atoms with Gasteiger partial charge in [-0.15, -0.1) is 0 Å². The van der Waals surface area contributed by atoms with Crippen molar-refractivity contribution in [2.45, 2.75) is 19.0 Å². The third-order valence-corrected chi connectivity index (χ3v) is 4.69. The molecule has 2 fully saturated rings. The van der Waals surface area contributed by atoms with Gasteiger partial charge in [-0.2, -0.15) is 0 Å². The minimum Gasteiger partial charge on any atom is -0.337 e. The summed E-state index contributed by atoms with van der Waals surface area (Å²) in [7, 11) is 0. The SMILES string of the molecule is O=C(NCCN1CCNCC1)NC1CC(=O)N(Cc2ccccc2)C1. The Morgan fingerprint density at radius 1 is 1.20 bits per heavy atom. The Bertz CT molecular complexity index is 574. The molecule has 3 rings (SSSR count). The lowest BCUT2D eigenvalue weighted by Gasteiger charge is -2.27. The van der Waals surface area contributed by atoms with Gasteiger partial charge in [0.25, 0.3) is 0 Å². The van der Waals surface area contributed by atoms with Crippen LogP contribution in [0.15, 0.2) is 30.3 Å². The number of carbonyl (C=O) groups excluding carboxylic acids is 2. The third kappa shape index (κ3) is 5.44. The van der Waals surface area contributed by atoms with Crippen molar-refractivity contribution in [3.8, 4) is 0 Å². The van der Waals surface area contributed by atoms with Gasteiger partial charge in [0.05, 0.1) is 6.04 Å². The molecule has 0 saturated carbocycles. The van der Waals surface area contributed by atoms with Crippen molar-refractivity contribution in [2.24, 2.45) is 0 Å². The Labute approximate surface area is 148 Å².